The monoisotopic (exact) mass is 409 g/mol. The van der Waals surface area contributed by atoms with E-state index in [-0.39, 0.29) is 11.6 Å². The van der Waals surface area contributed by atoms with E-state index >= 15 is 0 Å². The largest absolute Gasteiger partial charge is 0.378 e. The average Bonchev–Trinajstić information content (AvgIpc) is 2.57. The van der Waals surface area contributed by atoms with Crippen molar-refractivity contribution in [3.63, 3.8) is 0 Å². The molecule has 1 atom stereocenters. The van der Waals surface area contributed by atoms with Gasteiger partial charge < -0.3 is 11.1 Å². The number of hydrogen-bond acceptors (Lipinski definition) is 6. The molecule has 3 N–H and O–H groups in total. The lowest BCUT2D eigenvalue weighted by Crippen LogP contribution is -2.16. The van der Waals surface area contributed by atoms with Crippen LogP contribution < -0.4 is 11.1 Å². The highest BCUT2D eigenvalue weighted by atomic mass is 35.5. The molecule has 1 unspecified atom stereocenters. The van der Waals surface area contributed by atoms with Crippen LogP contribution in [0, 0.1) is 0 Å². The third-order valence-corrected chi connectivity index (χ3v) is 4.58. The van der Waals surface area contributed by atoms with Crippen molar-refractivity contribution >= 4 is 51.7 Å². The van der Waals surface area contributed by atoms with Gasteiger partial charge in [0.25, 0.3) is 5.91 Å². The highest BCUT2D eigenvalue weighted by molar-refractivity contribution is 8.17. The van der Waals surface area contributed by atoms with Gasteiger partial charge >= 0.3 is 0 Å². The molecular weight excluding hydrogens is 393 g/mol. The summed E-state index contributed by atoms with van der Waals surface area (Å²) in [7, 11) is 0. The summed E-state index contributed by atoms with van der Waals surface area (Å²) in [6.45, 7) is 5.86. The molecule has 0 aromatic carbocycles. The van der Waals surface area contributed by atoms with Crippen LogP contribution >= 0.6 is 35.0 Å². The first-order valence-electron chi connectivity index (χ1n) is 7.56. The van der Waals surface area contributed by atoms with Crippen LogP contribution in [0.4, 0.5) is 5.69 Å². The van der Waals surface area contributed by atoms with Crippen molar-refractivity contribution in [3.05, 3.63) is 64.0 Å². The molecule has 0 radical (unpaired) electrons. The van der Waals surface area contributed by atoms with Crippen LogP contribution in [-0.2, 0) is 0 Å². The summed E-state index contributed by atoms with van der Waals surface area (Å²) in [6.07, 6.45) is 5.46. The van der Waals surface area contributed by atoms with Crippen molar-refractivity contribution in [2.75, 3.05) is 5.32 Å². The SMILES string of the molecule is C=C1CC(C)N=C(N)S1.O=C(Nc1ccncc1)c1cc(Cl)c(Cl)cn1. The number of amidine groups is 1. The topological polar surface area (TPSA) is 93.3 Å². The van der Waals surface area contributed by atoms with E-state index < -0.39 is 0 Å². The minimum Gasteiger partial charge on any atom is -0.378 e. The van der Waals surface area contributed by atoms with Crippen molar-refractivity contribution in [2.24, 2.45) is 10.7 Å². The van der Waals surface area contributed by atoms with Gasteiger partial charge in [0.1, 0.15) is 5.69 Å². The number of halogens is 2. The molecule has 1 aliphatic heterocycles. The van der Waals surface area contributed by atoms with Crippen molar-refractivity contribution in [1.82, 2.24) is 9.97 Å². The van der Waals surface area contributed by atoms with Crippen LogP contribution in [0.25, 0.3) is 0 Å². The number of anilines is 1. The number of thioether (sulfide) groups is 1. The predicted molar refractivity (Wildman–Crippen MR) is 109 cm³/mol. The highest BCUT2D eigenvalue weighted by Crippen LogP contribution is 2.25. The Kier molecular flexibility index (Phi) is 7.44. The van der Waals surface area contributed by atoms with Crippen molar-refractivity contribution in [2.45, 2.75) is 19.4 Å². The standard InChI is InChI=1S/C11H7Cl2N3O.C6H10N2S/c12-8-5-10(15-6-9(8)13)11(17)16-7-1-3-14-4-2-7;1-4-3-5(2)9-6(7)8-4/h1-6H,(H,14,16,17);4H,2-3H2,1H3,(H2,7,8). The van der Waals surface area contributed by atoms with Gasteiger partial charge in [0.15, 0.2) is 5.17 Å². The third-order valence-electron chi connectivity index (χ3n) is 3.10. The molecule has 2 aromatic rings. The number of amides is 1. The zero-order valence-electron chi connectivity index (χ0n) is 13.9. The number of aromatic nitrogens is 2. The second kappa shape index (κ2) is 9.56. The molecular formula is C17H17Cl2N5OS. The number of pyridine rings is 2. The minimum absolute atomic E-state index is 0.205. The van der Waals surface area contributed by atoms with E-state index in [0.29, 0.717) is 26.9 Å². The molecule has 0 aliphatic carbocycles. The van der Waals surface area contributed by atoms with Crippen molar-refractivity contribution in [3.8, 4) is 0 Å². The lowest BCUT2D eigenvalue weighted by atomic mass is 10.2. The molecule has 2 aromatic heterocycles. The smallest absolute Gasteiger partial charge is 0.274 e. The molecule has 0 saturated heterocycles. The maximum atomic E-state index is 11.8. The third kappa shape index (κ3) is 6.33. The van der Waals surface area contributed by atoms with E-state index in [1.807, 2.05) is 6.92 Å². The normalized spacial score (nSPS) is 16.2. The Labute approximate surface area is 165 Å². The number of rotatable bonds is 2. The number of nitrogens with one attached hydrogen (secondary N) is 1. The van der Waals surface area contributed by atoms with Gasteiger partial charge in [-0.1, -0.05) is 41.5 Å². The van der Waals surface area contributed by atoms with Crippen molar-refractivity contribution in [1.29, 1.82) is 0 Å². The second-order valence-corrected chi connectivity index (χ2v) is 7.35. The van der Waals surface area contributed by atoms with E-state index in [2.05, 4.69) is 26.9 Å². The Morgan fingerprint density at radius 3 is 2.62 bits per heavy atom. The number of carbonyl (C=O) groups is 1. The van der Waals surface area contributed by atoms with Crippen LogP contribution in [0.5, 0.6) is 0 Å². The summed E-state index contributed by atoms with van der Waals surface area (Å²) in [6, 6.07) is 5.10. The summed E-state index contributed by atoms with van der Waals surface area (Å²) in [4.78, 5) is 24.8. The highest BCUT2D eigenvalue weighted by Gasteiger charge is 2.11. The fourth-order valence-electron chi connectivity index (χ4n) is 1.98. The molecule has 3 rings (SSSR count). The van der Waals surface area contributed by atoms with Crippen LogP contribution in [0.1, 0.15) is 23.8 Å². The summed E-state index contributed by atoms with van der Waals surface area (Å²) in [5, 5.41) is 3.92. The van der Waals surface area contributed by atoms with E-state index in [0.717, 1.165) is 11.3 Å². The summed E-state index contributed by atoms with van der Waals surface area (Å²) >= 11 is 13.0. The van der Waals surface area contributed by atoms with Gasteiger partial charge in [-0.15, -0.1) is 0 Å². The van der Waals surface area contributed by atoms with Crippen LogP contribution in [0.3, 0.4) is 0 Å². The molecule has 0 saturated carbocycles. The van der Waals surface area contributed by atoms with E-state index in [4.69, 9.17) is 28.9 Å². The van der Waals surface area contributed by atoms with Crippen molar-refractivity contribution < 1.29 is 4.79 Å². The van der Waals surface area contributed by atoms with E-state index in [1.54, 1.807) is 24.5 Å². The van der Waals surface area contributed by atoms with Gasteiger partial charge in [0.2, 0.25) is 0 Å². The Morgan fingerprint density at radius 1 is 1.35 bits per heavy atom. The van der Waals surface area contributed by atoms with Gasteiger partial charge in [-0.3, -0.25) is 14.8 Å². The predicted octanol–water partition coefficient (Wildman–Crippen LogP) is 4.38. The summed E-state index contributed by atoms with van der Waals surface area (Å²) < 4.78 is 0. The lowest BCUT2D eigenvalue weighted by Gasteiger charge is -2.14. The molecule has 6 nitrogen and oxygen atoms in total. The number of nitrogens with two attached hydrogens (primary N) is 1. The molecule has 26 heavy (non-hydrogen) atoms. The van der Waals surface area contributed by atoms with Crippen LogP contribution in [-0.4, -0.2) is 27.1 Å². The molecule has 1 amide bonds. The molecule has 9 heteroatoms. The number of carbonyl (C=O) groups excluding carboxylic acids is 1. The zero-order valence-corrected chi connectivity index (χ0v) is 16.3. The maximum Gasteiger partial charge on any atom is 0.274 e. The molecule has 1 aliphatic rings. The average molecular weight is 410 g/mol. The van der Waals surface area contributed by atoms with Gasteiger partial charge in [-0.2, -0.15) is 0 Å². The maximum absolute atomic E-state index is 11.8. The van der Waals surface area contributed by atoms with Gasteiger partial charge in [0.05, 0.1) is 16.1 Å². The zero-order chi connectivity index (χ0) is 19.1. The summed E-state index contributed by atoms with van der Waals surface area (Å²) in [5.41, 5.74) is 6.31. The van der Waals surface area contributed by atoms with Crippen LogP contribution in [0.15, 0.2) is 53.3 Å². The molecule has 0 spiro atoms. The lowest BCUT2D eigenvalue weighted by molar-refractivity contribution is 0.102. The molecule has 136 valence electrons. The molecule has 3 heterocycles. The van der Waals surface area contributed by atoms with Crippen LogP contribution in [0.2, 0.25) is 10.0 Å². The first kappa shape index (κ1) is 20.2. The Hall–Kier alpha value is -2.09. The Bertz CT molecular complexity index is 829. The Morgan fingerprint density at radius 2 is 2.04 bits per heavy atom. The number of hydrogen-bond donors (Lipinski definition) is 2. The second-order valence-electron chi connectivity index (χ2n) is 5.33. The van der Waals surface area contributed by atoms with Gasteiger partial charge in [-0.25, -0.2) is 4.98 Å². The number of aliphatic imine (C=N–C) groups is 1. The van der Waals surface area contributed by atoms with Gasteiger partial charge in [0, 0.05) is 30.7 Å². The fraction of sp³-hybridized carbons (Fsp3) is 0.176. The Balaban J connectivity index is 0.000000228. The minimum atomic E-state index is -0.352. The first-order valence-corrected chi connectivity index (χ1v) is 9.13. The van der Waals surface area contributed by atoms with E-state index in [1.165, 1.54) is 24.0 Å². The molecule has 0 fully saturated rings. The quantitative estimate of drug-likeness (QED) is 0.767. The fourth-order valence-corrected chi connectivity index (χ4v) is 3.09. The summed E-state index contributed by atoms with van der Waals surface area (Å²) in [5.74, 6) is -0.352. The van der Waals surface area contributed by atoms with E-state index in [9.17, 15) is 4.79 Å². The van der Waals surface area contributed by atoms with Gasteiger partial charge in [-0.05, 0) is 30.0 Å². The number of nitrogens with zero attached hydrogens (tertiary/aromatic N) is 3. The first-order chi connectivity index (χ1) is 12.3. The molecule has 0 bridgehead atoms.